The van der Waals surface area contributed by atoms with Gasteiger partial charge < -0.3 is 14.4 Å². The summed E-state index contributed by atoms with van der Waals surface area (Å²) in [5.41, 5.74) is 6.18. The van der Waals surface area contributed by atoms with Gasteiger partial charge in [0.05, 0.1) is 17.4 Å². The Morgan fingerprint density at radius 3 is 2.65 bits per heavy atom. The fourth-order valence-electron chi connectivity index (χ4n) is 5.27. The van der Waals surface area contributed by atoms with E-state index in [2.05, 4.69) is 13.0 Å². The maximum atomic E-state index is 13.2. The first-order valence-electron chi connectivity index (χ1n) is 12.5. The molecule has 6 nitrogen and oxygen atoms in total. The van der Waals surface area contributed by atoms with Crippen molar-refractivity contribution in [2.24, 2.45) is 0 Å². The van der Waals surface area contributed by atoms with Crippen LogP contribution in [-0.4, -0.2) is 24.0 Å². The highest BCUT2D eigenvalue weighted by Crippen LogP contribution is 2.35. The zero-order chi connectivity index (χ0) is 26.3. The van der Waals surface area contributed by atoms with E-state index in [0.717, 1.165) is 46.3 Å². The summed E-state index contributed by atoms with van der Waals surface area (Å²) in [4.78, 5) is 38.5. The van der Waals surface area contributed by atoms with E-state index in [0.29, 0.717) is 35.1 Å². The molecular weight excluding hydrogens is 466 g/mol. The third-order valence-corrected chi connectivity index (χ3v) is 7.30. The molecule has 1 unspecified atom stereocenters. The topological polar surface area (TPSA) is 87.8 Å². The van der Waals surface area contributed by atoms with Crippen molar-refractivity contribution in [1.29, 1.82) is 0 Å². The minimum Gasteiger partial charge on any atom is -0.478 e. The van der Waals surface area contributed by atoms with Gasteiger partial charge in [-0.15, -0.1) is 0 Å². The van der Waals surface area contributed by atoms with Gasteiger partial charge in [0.25, 0.3) is 0 Å². The van der Waals surface area contributed by atoms with Crippen LogP contribution in [0.2, 0.25) is 0 Å². The van der Waals surface area contributed by atoms with Gasteiger partial charge in [0, 0.05) is 24.4 Å². The van der Waals surface area contributed by atoms with Crippen LogP contribution < -0.4 is 10.3 Å². The number of carbonyl (C=O) groups excluding carboxylic acids is 1. The highest BCUT2D eigenvalue weighted by atomic mass is 16.4. The van der Waals surface area contributed by atoms with E-state index in [1.54, 1.807) is 24.1 Å². The van der Waals surface area contributed by atoms with Gasteiger partial charge >= 0.3 is 5.97 Å². The highest BCUT2D eigenvalue weighted by molar-refractivity contribution is 6.01. The third-order valence-electron chi connectivity index (χ3n) is 7.30. The normalized spacial score (nSPS) is 13.7. The number of benzene rings is 3. The Labute approximate surface area is 215 Å². The van der Waals surface area contributed by atoms with Crippen LogP contribution in [-0.2, 0) is 17.6 Å². The van der Waals surface area contributed by atoms with Crippen LogP contribution in [0.1, 0.15) is 58.3 Å². The average Bonchev–Trinajstić information content (AvgIpc) is 3.16. The molecule has 3 aromatic carbocycles. The molecule has 0 radical (unpaired) electrons. The molecule has 0 spiro atoms. The SMILES string of the molecule is Cc1cc(C(C)CCCc2ccccc2C(=O)O)c2oc(-c3ccc4c(c3)CC(=O)N4C)cc(=O)c2c1. The molecule has 6 heteroatoms. The summed E-state index contributed by atoms with van der Waals surface area (Å²) in [7, 11) is 1.76. The van der Waals surface area contributed by atoms with Gasteiger partial charge in [0.2, 0.25) is 5.91 Å². The van der Waals surface area contributed by atoms with Crippen LogP contribution in [0.5, 0.6) is 0 Å². The molecule has 1 N–H and O–H groups in total. The Kier molecular flexibility index (Phi) is 6.42. The molecule has 4 aromatic rings. The molecule has 5 rings (SSSR count). The van der Waals surface area contributed by atoms with E-state index in [-0.39, 0.29) is 17.3 Å². The Morgan fingerprint density at radius 1 is 1.08 bits per heavy atom. The molecule has 1 aliphatic rings. The molecule has 1 amide bonds. The third kappa shape index (κ3) is 4.67. The molecule has 1 aromatic heterocycles. The summed E-state index contributed by atoms with van der Waals surface area (Å²) in [6, 6.07) is 18.3. The second kappa shape index (κ2) is 9.69. The van der Waals surface area contributed by atoms with Gasteiger partial charge in [-0.1, -0.05) is 31.2 Å². The number of nitrogens with zero attached hydrogens (tertiary/aromatic N) is 1. The smallest absolute Gasteiger partial charge is 0.335 e. The van der Waals surface area contributed by atoms with Gasteiger partial charge in [-0.05, 0) is 84.7 Å². The first kappa shape index (κ1) is 24.5. The number of carbonyl (C=O) groups is 2. The highest BCUT2D eigenvalue weighted by Gasteiger charge is 2.25. The second-order valence-electron chi connectivity index (χ2n) is 9.93. The Bertz CT molecular complexity index is 1600. The lowest BCUT2D eigenvalue weighted by Gasteiger charge is -2.16. The van der Waals surface area contributed by atoms with E-state index >= 15 is 0 Å². The predicted octanol–water partition coefficient (Wildman–Crippen LogP) is 6.11. The number of likely N-dealkylation sites (N-methyl/N-ethyl adjacent to an activating group) is 1. The predicted molar refractivity (Wildman–Crippen MR) is 145 cm³/mol. The van der Waals surface area contributed by atoms with Gasteiger partial charge in [-0.3, -0.25) is 9.59 Å². The molecule has 1 aliphatic heterocycles. The molecule has 1 atom stereocenters. The fourth-order valence-corrected chi connectivity index (χ4v) is 5.27. The number of carboxylic acids is 1. The van der Waals surface area contributed by atoms with Crippen molar-refractivity contribution in [3.05, 3.63) is 98.7 Å². The molecule has 0 saturated carbocycles. The quantitative estimate of drug-likeness (QED) is 0.334. The van der Waals surface area contributed by atoms with Crippen molar-refractivity contribution in [3.63, 3.8) is 0 Å². The minimum atomic E-state index is -0.912. The molecule has 0 aliphatic carbocycles. The van der Waals surface area contributed by atoms with E-state index in [4.69, 9.17) is 4.42 Å². The van der Waals surface area contributed by atoms with Crippen molar-refractivity contribution < 1.29 is 19.1 Å². The van der Waals surface area contributed by atoms with E-state index in [1.807, 2.05) is 43.3 Å². The molecule has 2 heterocycles. The van der Waals surface area contributed by atoms with Crippen LogP contribution in [0.15, 0.2) is 69.9 Å². The van der Waals surface area contributed by atoms with Crippen LogP contribution in [0.4, 0.5) is 5.69 Å². The van der Waals surface area contributed by atoms with Crippen molar-refractivity contribution in [2.45, 2.75) is 45.4 Å². The van der Waals surface area contributed by atoms with Crippen molar-refractivity contribution in [1.82, 2.24) is 0 Å². The standard InChI is InChI=1S/C31H29NO5/c1-18-13-24(19(2)7-6-9-20-8-4-5-10-23(20)31(35)36)30-25(14-18)27(33)17-28(37-30)21-11-12-26-22(15-21)16-29(34)32(26)3/h4-5,8,10-15,17,19H,6-7,9,16H2,1-3H3,(H,35,36). The number of hydrogen-bond acceptors (Lipinski definition) is 4. The van der Waals surface area contributed by atoms with E-state index in [1.165, 1.54) is 6.07 Å². The fraction of sp³-hybridized carbons (Fsp3) is 0.258. The molecular formula is C31H29NO5. The lowest BCUT2D eigenvalue weighted by Crippen LogP contribution is -2.20. The first-order valence-corrected chi connectivity index (χ1v) is 12.5. The average molecular weight is 496 g/mol. The minimum absolute atomic E-state index is 0.0460. The Balaban J connectivity index is 1.46. The first-order chi connectivity index (χ1) is 17.7. The van der Waals surface area contributed by atoms with Crippen LogP contribution >= 0.6 is 0 Å². The summed E-state index contributed by atoms with van der Waals surface area (Å²) in [5.74, 6) is -0.283. The summed E-state index contributed by atoms with van der Waals surface area (Å²) in [5, 5.41) is 10.0. The molecule has 0 saturated heterocycles. The molecule has 188 valence electrons. The zero-order valence-electron chi connectivity index (χ0n) is 21.2. The maximum Gasteiger partial charge on any atom is 0.335 e. The Hall–Kier alpha value is -4.19. The van der Waals surface area contributed by atoms with Gasteiger partial charge in [0.15, 0.2) is 5.43 Å². The largest absolute Gasteiger partial charge is 0.478 e. The van der Waals surface area contributed by atoms with Crippen molar-refractivity contribution in [2.75, 3.05) is 11.9 Å². The zero-order valence-corrected chi connectivity index (χ0v) is 21.2. The molecule has 0 bridgehead atoms. The van der Waals surface area contributed by atoms with Crippen LogP contribution in [0.25, 0.3) is 22.3 Å². The number of hydrogen-bond donors (Lipinski definition) is 1. The monoisotopic (exact) mass is 495 g/mol. The van der Waals surface area contributed by atoms with Gasteiger partial charge in [-0.2, -0.15) is 0 Å². The lowest BCUT2D eigenvalue weighted by atomic mass is 9.91. The summed E-state index contributed by atoms with van der Waals surface area (Å²) >= 11 is 0. The summed E-state index contributed by atoms with van der Waals surface area (Å²) in [6.07, 6.45) is 2.61. The van der Waals surface area contributed by atoms with E-state index < -0.39 is 5.97 Å². The van der Waals surface area contributed by atoms with E-state index in [9.17, 15) is 19.5 Å². The van der Waals surface area contributed by atoms with Gasteiger partial charge in [0.1, 0.15) is 11.3 Å². The number of carboxylic acid groups (broad SMARTS) is 1. The van der Waals surface area contributed by atoms with Crippen LogP contribution in [0.3, 0.4) is 0 Å². The number of aromatic carboxylic acids is 1. The molecule has 37 heavy (non-hydrogen) atoms. The number of aryl methyl sites for hydroxylation is 2. The summed E-state index contributed by atoms with van der Waals surface area (Å²) < 4.78 is 6.39. The lowest BCUT2D eigenvalue weighted by molar-refractivity contribution is -0.117. The Morgan fingerprint density at radius 2 is 1.86 bits per heavy atom. The molecule has 0 fully saturated rings. The number of anilines is 1. The second-order valence-corrected chi connectivity index (χ2v) is 9.93. The number of amides is 1. The maximum absolute atomic E-state index is 13.2. The van der Waals surface area contributed by atoms with Crippen molar-refractivity contribution >= 4 is 28.5 Å². The van der Waals surface area contributed by atoms with Crippen molar-refractivity contribution in [3.8, 4) is 11.3 Å². The number of fused-ring (bicyclic) bond motifs is 2. The summed E-state index contributed by atoms with van der Waals surface area (Å²) in [6.45, 7) is 4.08. The number of rotatable bonds is 7. The van der Waals surface area contributed by atoms with Crippen LogP contribution in [0, 0.1) is 6.92 Å². The van der Waals surface area contributed by atoms with Gasteiger partial charge in [-0.25, -0.2) is 4.79 Å².